The van der Waals surface area contributed by atoms with E-state index < -0.39 is 18.8 Å². The van der Waals surface area contributed by atoms with E-state index in [0.29, 0.717) is 12.2 Å². The predicted molar refractivity (Wildman–Crippen MR) is 53.7 cm³/mol. The molecule has 4 heteroatoms. The summed E-state index contributed by atoms with van der Waals surface area (Å²) in [5, 5.41) is 27.7. The molecule has 1 aliphatic rings. The predicted octanol–water partition coefficient (Wildman–Crippen LogP) is 0.00810. The Morgan fingerprint density at radius 3 is 2.87 bits per heavy atom. The van der Waals surface area contributed by atoms with Gasteiger partial charge in [0.1, 0.15) is 18.0 Å². The number of aliphatic hydroxyl groups excluding tert-OH is 3. The van der Waals surface area contributed by atoms with Crippen molar-refractivity contribution < 1.29 is 20.1 Å². The average molecular weight is 210 g/mol. The van der Waals surface area contributed by atoms with Gasteiger partial charge in [-0.3, -0.25) is 0 Å². The zero-order valence-electron chi connectivity index (χ0n) is 8.26. The van der Waals surface area contributed by atoms with E-state index in [0.717, 1.165) is 17.7 Å². The maximum absolute atomic E-state index is 9.67. The van der Waals surface area contributed by atoms with Crippen LogP contribution in [0, 0.1) is 0 Å². The lowest BCUT2D eigenvalue weighted by Crippen LogP contribution is -2.22. The molecule has 4 nitrogen and oxygen atoms in total. The molecule has 0 saturated carbocycles. The molecule has 1 aromatic rings. The van der Waals surface area contributed by atoms with Crippen LogP contribution in [0.3, 0.4) is 0 Å². The van der Waals surface area contributed by atoms with Crippen LogP contribution in [0.2, 0.25) is 0 Å². The molecule has 1 aromatic carbocycles. The van der Waals surface area contributed by atoms with Gasteiger partial charge in [0.05, 0.1) is 13.2 Å². The molecule has 0 amide bonds. The van der Waals surface area contributed by atoms with E-state index in [1.165, 1.54) is 0 Å². The van der Waals surface area contributed by atoms with Crippen molar-refractivity contribution in [3.63, 3.8) is 0 Å². The van der Waals surface area contributed by atoms with Crippen LogP contribution in [-0.4, -0.2) is 34.6 Å². The third kappa shape index (κ3) is 1.97. The number of ether oxygens (including phenoxy) is 1. The first kappa shape index (κ1) is 10.4. The van der Waals surface area contributed by atoms with Crippen molar-refractivity contribution in [3.8, 4) is 5.75 Å². The lowest BCUT2D eigenvalue weighted by molar-refractivity contribution is -0.0152. The van der Waals surface area contributed by atoms with Crippen LogP contribution in [0.4, 0.5) is 0 Å². The summed E-state index contributed by atoms with van der Waals surface area (Å²) in [4.78, 5) is 0. The summed E-state index contributed by atoms with van der Waals surface area (Å²) in [6, 6.07) is 5.30. The maximum atomic E-state index is 9.67. The minimum atomic E-state index is -1.13. The Kier molecular flexibility index (Phi) is 2.90. The lowest BCUT2D eigenvalue weighted by Gasteiger charge is -2.16. The number of rotatable bonds is 3. The molecule has 0 aliphatic carbocycles. The quantitative estimate of drug-likeness (QED) is 0.657. The van der Waals surface area contributed by atoms with Gasteiger partial charge in [0.2, 0.25) is 0 Å². The third-order valence-corrected chi connectivity index (χ3v) is 2.61. The second kappa shape index (κ2) is 4.18. The van der Waals surface area contributed by atoms with Gasteiger partial charge in [-0.25, -0.2) is 0 Å². The van der Waals surface area contributed by atoms with E-state index in [2.05, 4.69) is 0 Å². The van der Waals surface area contributed by atoms with Crippen LogP contribution < -0.4 is 4.74 Å². The standard InChI is InChI=1S/C11H14O4/c12-6-9(13)11(14)8-1-2-10-7(5-8)3-4-15-10/h1-2,5,9,11-14H,3-4,6H2. The molecule has 3 N–H and O–H groups in total. The highest BCUT2D eigenvalue weighted by Gasteiger charge is 2.20. The summed E-state index contributed by atoms with van der Waals surface area (Å²) >= 11 is 0. The van der Waals surface area contributed by atoms with E-state index >= 15 is 0 Å². The first-order valence-corrected chi connectivity index (χ1v) is 4.95. The van der Waals surface area contributed by atoms with E-state index in [4.69, 9.17) is 9.84 Å². The van der Waals surface area contributed by atoms with E-state index in [1.807, 2.05) is 6.07 Å². The van der Waals surface area contributed by atoms with Gasteiger partial charge in [0, 0.05) is 6.42 Å². The van der Waals surface area contributed by atoms with Gasteiger partial charge in [-0.2, -0.15) is 0 Å². The largest absolute Gasteiger partial charge is 0.493 e. The minimum absolute atomic E-state index is 0.450. The smallest absolute Gasteiger partial charge is 0.122 e. The number of fused-ring (bicyclic) bond motifs is 1. The Labute approximate surface area is 87.7 Å². The first-order chi connectivity index (χ1) is 7.22. The molecule has 0 saturated heterocycles. The monoisotopic (exact) mass is 210 g/mol. The lowest BCUT2D eigenvalue weighted by atomic mass is 10.0. The van der Waals surface area contributed by atoms with E-state index in [9.17, 15) is 10.2 Å². The van der Waals surface area contributed by atoms with Crippen molar-refractivity contribution in [2.45, 2.75) is 18.6 Å². The molecule has 2 rings (SSSR count). The zero-order chi connectivity index (χ0) is 10.8. The molecule has 0 bridgehead atoms. The normalized spacial score (nSPS) is 18.1. The Morgan fingerprint density at radius 2 is 2.13 bits per heavy atom. The Hall–Kier alpha value is -1.10. The number of aliphatic hydroxyl groups is 3. The van der Waals surface area contributed by atoms with Gasteiger partial charge < -0.3 is 20.1 Å². The SMILES string of the molecule is OCC(O)C(O)c1ccc2c(c1)CCO2. The maximum Gasteiger partial charge on any atom is 0.122 e. The molecule has 2 unspecified atom stereocenters. The van der Waals surface area contributed by atoms with Gasteiger partial charge in [-0.15, -0.1) is 0 Å². The van der Waals surface area contributed by atoms with Crippen molar-refractivity contribution in [2.24, 2.45) is 0 Å². The van der Waals surface area contributed by atoms with Crippen LogP contribution in [0.25, 0.3) is 0 Å². The molecule has 0 fully saturated rings. The number of hydrogen-bond donors (Lipinski definition) is 3. The Morgan fingerprint density at radius 1 is 1.33 bits per heavy atom. The highest BCUT2D eigenvalue weighted by atomic mass is 16.5. The average Bonchev–Trinajstić information content (AvgIpc) is 2.73. The van der Waals surface area contributed by atoms with Crippen molar-refractivity contribution in [1.82, 2.24) is 0 Å². The molecule has 2 atom stereocenters. The molecule has 0 aromatic heterocycles. The summed E-state index contributed by atoms with van der Waals surface area (Å²) in [6.07, 6.45) is -1.35. The number of hydrogen-bond acceptors (Lipinski definition) is 4. The van der Waals surface area contributed by atoms with Gasteiger partial charge in [0.25, 0.3) is 0 Å². The molecule has 1 aliphatic heterocycles. The van der Waals surface area contributed by atoms with Crippen molar-refractivity contribution in [1.29, 1.82) is 0 Å². The molecular weight excluding hydrogens is 196 g/mol. The van der Waals surface area contributed by atoms with Crippen molar-refractivity contribution >= 4 is 0 Å². The Bertz CT molecular complexity index is 350. The van der Waals surface area contributed by atoms with E-state index in [-0.39, 0.29) is 0 Å². The highest BCUT2D eigenvalue weighted by molar-refractivity contribution is 5.40. The summed E-state index contributed by atoms with van der Waals surface area (Å²) in [5.74, 6) is 0.837. The van der Waals surface area contributed by atoms with Crippen LogP contribution in [0.1, 0.15) is 17.2 Å². The van der Waals surface area contributed by atoms with Crippen LogP contribution in [-0.2, 0) is 6.42 Å². The molecular formula is C11H14O4. The van der Waals surface area contributed by atoms with E-state index in [1.54, 1.807) is 12.1 Å². The summed E-state index contributed by atoms with van der Waals surface area (Å²) in [6.45, 7) is 0.214. The van der Waals surface area contributed by atoms with Gasteiger partial charge >= 0.3 is 0 Å². The number of benzene rings is 1. The van der Waals surface area contributed by atoms with Gasteiger partial charge in [-0.05, 0) is 23.3 Å². The minimum Gasteiger partial charge on any atom is -0.493 e. The highest BCUT2D eigenvalue weighted by Crippen LogP contribution is 2.28. The van der Waals surface area contributed by atoms with Gasteiger partial charge in [-0.1, -0.05) is 6.07 Å². The van der Waals surface area contributed by atoms with Crippen molar-refractivity contribution in [3.05, 3.63) is 29.3 Å². The summed E-state index contributed by atoms with van der Waals surface area (Å²) < 4.78 is 5.33. The second-order valence-electron chi connectivity index (χ2n) is 3.66. The topological polar surface area (TPSA) is 69.9 Å². The fraction of sp³-hybridized carbons (Fsp3) is 0.455. The summed E-state index contributed by atoms with van der Waals surface area (Å²) in [7, 11) is 0. The van der Waals surface area contributed by atoms with Crippen LogP contribution >= 0.6 is 0 Å². The molecule has 0 spiro atoms. The van der Waals surface area contributed by atoms with Crippen LogP contribution in [0.5, 0.6) is 5.75 Å². The fourth-order valence-corrected chi connectivity index (χ4v) is 1.71. The summed E-state index contributed by atoms with van der Waals surface area (Å²) in [5.41, 5.74) is 1.65. The first-order valence-electron chi connectivity index (χ1n) is 4.95. The van der Waals surface area contributed by atoms with Crippen LogP contribution in [0.15, 0.2) is 18.2 Å². The fourth-order valence-electron chi connectivity index (χ4n) is 1.71. The molecule has 82 valence electrons. The molecule has 1 heterocycles. The third-order valence-electron chi connectivity index (χ3n) is 2.61. The Balaban J connectivity index is 2.22. The van der Waals surface area contributed by atoms with Crippen molar-refractivity contribution in [2.75, 3.05) is 13.2 Å². The molecule has 15 heavy (non-hydrogen) atoms. The second-order valence-corrected chi connectivity index (χ2v) is 3.66. The molecule has 0 radical (unpaired) electrons. The van der Waals surface area contributed by atoms with Gasteiger partial charge in [0.15, 0.2) is 0 Å². The zero-order valence-corrected chi connectivity index (χ0v) is 8.26.